The lowest BCUT2D eigenvalue weighted by molar-refractivity contribution is -0.00000418. The van der Waals surface area contributed by atoms with Crippen LogP contribution in [-0.4, -0.2) is 7.11 Å². The van der Waals surface area contributed by atoms with E-state index in [0.29, 0.717) is 0 Å². The molecule has 3 rings (SSSR count). The second-order valence-corrected chi connectivity index (χ2v) is 5.68. The van der Waals surface area contributed by atoms with Crippen molar-refractivity contribution < 1.29 is 17.1 Å². The van der Waals surface area contributed by atoms with E-state index in [4.69, 9.17) is 4.74 Å². The third-order valence-corrected chi connectivity index (χ3v) is 4.28. The van der Waals surface area contributed by atoms with Gasteiger partial charge in [-0.1, -0.05) is 36.4 Å². The van der Waals surface area contributed by atoms with Crippen molar-refractivity contribution in [3.05, 3.63) is 64.4 Å². The molecule has 0 saturated carbocycles. The molecule has 4 heteroatoms. The number of halogens is 1. The van der Waals surface area contributed by atoms with Gasteiger partial charge in [-0.05, 0) is 28.3 Å². The molecule has 0 bridgehead atoms. The van der Waals surface area contributed by atoms with Crippen LogP contribution in [0.1, 0.15) is 10.4 Å². The van der Waals surface area contributed by atoms with E-state index in [0.717, 1.165) is 18.8 Å². The topological polar surface area (TPSA) is 21.3 Å². The zero-order chi connectivity index (χ0) is 13.8. The predicted molar refractivity (Wildman–Crippen MR) is 85.4 cm³/mol. The van der Waals surface area contributed by atoms with Crippen molar-refractivity contribution in [1.29, 1.82) is 0 Å². The maximum atomic E-state index is 5.50. The van der Waals surface area contributed by atoms with Crippen molar-refractivity contribution in [2.24, 2.45) is 0 Å². The van der Waals surface area contributed by atoms with E-state index in [1.165, 1.54) is 21.2 Å². The van der Waals surface area contributed by atoms with Gasteiger partial charge in [-0.25, -0.2) is 0 Å². The molecule has 1 aromatic heterocycles. The summed E-state index contributed by atoms with van der Waals surface area (Å²) in [6, 6.07) is 16.8. The highest BCUT2D eigenvalue weighted by Crippen LogP contribution is 2.27. The van der Waals surface area contributed by atoms with Crippen LogP contribution in [0.15, 0.2) is 53.9 Å². The summed E-state index contributed by atoms with van der Waals surface area (Å²) in [5.74, 6) is 0.947. The molecule has 2 nitrogen and oxygen atoms in total. The van der Waals surface area contributed by atoms with E-state index in [1.807, 2.05) is 6.07 Å². The first-order valence-electron chi connectivity index (χ1n) is 6.66. The first-order chi connectivity index (χ1) is 9.88. The van der Waals surface area contributed by atoms with Crippen molar-refractivity contribution in [2.75, 3.05) is 7.11 Å². The Morgan fingerprint density at radius 1 is 1.00 bits per heavy atom. The van der Waals surface area contributed by atoms with Gasteiger partial charge in [0.25, 0.3) is 0 Å². The zero-order valence-electron chi connectivity index (χ0n) is 11.8. The van der Waals surface area contributed by atoms with Crippen LogP contribution in [0.4, 0.5) is 0 Å². The third kappa shape index (κ3) is 3.56. The molecule has 1 N–H and O–H groups in total. The Labute approximate surface area is 135 Å². The Bertz CT molecular complexity index is 697. The van der Waals surface area contributed by atoms with Gasteiger partial charge in [0, 0.05) is 23.5 Å². The Kier molecular flexibility index (Phi) is 5.62. The molecule has 2 aromatic carbocycles. The molecule has 110 valence electrons. The van der Waals surface area contributed by atoms with Crippen LogP contribution in [-0.2, 0) is 13.1 Å². The molecule has 1 heterocycles. The van der Waals surface area contributed by atoms with E-state index < -0.39 is 0 Å². The lowest BCUT2D eigenvalue weighted by Gasteiger charge is -2.12. The molecule has 3 aromatic rings. The Hall–Kier alpha value is -1.55. The molecule has 0 aliphatic carbocycles. The largest absolute Gasteiger partial charge is 1.00 e. The Morgan fingerprint density at radius 3 is 2.62 bits per heavy atom. The quantitative estimate of drug-likeness (QED) is 0.763. The molecular formula is C17H17ClNOS-. The van der Waals surface area contributed by atoms with Crippen molar-refractivity contribution >= 4 is 22.1 Å². The number of nitrogens with one attached hydrogen (secondary N) is 1. The SMILES string of the molecule is COc1ccc2ccccc2c1CNCc1cccs1.[Cl-]. The minimum Gasteiger partial charge on any atom is -1.00 e. The predicted octanol–water partition coefficient (Wildman–Crippen LogP) is 1.20. The van der Waals surface area contributed by atoms with Crippen molar-refractivity contribution in [2.45, 2.75) is 13.1 Å². The molecule has 0 amide bonds. The second-order valence-electron chi connectivity index (χ2n) is 4.65. The van der Waals surface area contributed by atoms with Gasteiger partial charge >= 0.3 is 0 Å². The minimum atomic E-state index is 0. The van der Waals surface area contributed by atoms with Gasteiger partial charge in [0.1, 0.15) is 5.75 Å². The molecular weight excluding hydrogens is 302 g/mol. The number of hydrogen-bond donors (Lipinski definition) is 1. The minimum absolute atomic E-state index is 0. The molecule has 0 aliphatic rings. The van der Waals surface area contributed by atoms with E-state index in [-0.39, 0.29) is 12.4 Å². The standard InChI is InChI=1S/C17H17NOS.ClH/c1-19-17-9-8-13-5-2-3-7-15(13)16(17)12-18-11-14-6-4-10-20-14;/h2-10,18H,11-12H2,1H3;1H/p-1. The lowest BCUT2D eigenvalue weighted by Crippen LogP contribution is -3.00. The fraction of sp³-hybridized carbons (Fsp3) is 0.176. The summed E-state index contributed by atoms with van der Waals surface area (Å²) in [5.41, 5.74) is 1.22. The molecule has 21 heavy (non-hydrogen) atoms. The lowest BCUT2D eigenvalue weighted by atomic mass is 10.0. The molecule has 0 unspecified atom stereocenters. The van der Waals surface area contributed by atoms with Gasteiger partial charge in [-0.15, -0.1) is 11.3 Å². The van der Waals surface area contributed by atoms with E-state index in [2.05, 4.69) is 53.2 Å². The van der Waals surface area contributed by atoms with Crippen LogP contribution in [0.25, 0.3) is 10.8 Å². The van der Waals surface area contributed by atoms with Gasteiger partial charge in [-0.2, -0.15) is 0 Å². The molecule has 0 radical (unpaired) electrons. The average molecular weight is 319 g/mol. The maximum absolute atomic E-state index is 5.50. The van der Waals surface area contributed by atoms with Gasteiger partial charge in [0.05, 0.1) is 7.11 Å². The second kappa shape index (κ2) is 7.46. The van der Waals surface area contributed by atoms with Crippen LogP contribution in [0.3, 0.4) is 0 Å². The average Bonchev–Trinajstić information content (AvgIpc) is 3.00. The zero-order valence-corrected chi connectivity index (χ0v) is 13.4. The fourth-order valence-corrected chi connectivity index (χ4v) is 3.09. The molecule has 0 aliphatic heterocycles. The third-order valence-electron chi connectivity index (χ3n) is 3.40. The number of fused-ring (bicyclic) bond motifs is 1. The van der Waals surface area contributed by atoms with E-state index in [1.54, 1.807) is 18.4 Å². The molecule has 0 atom stereocenters. The molecule has 0 spiro atoms. The number of methoxy groups -OCH3 is 1. The van der Waals surface area contributed by atoms with Crippen molar-refractivity contribution in [1.82, 2.24) is 5.32 Å². The summed E-state index contributed by atoms with van der Waals surface area (Å²) in [6.45, 7) is 1.70. The van der Waals surface area contributed by atoms with Crippen LogP contribution in [0.2, 0.25) is 0 Å². The summed E-state index contributed by atoms with van der Waals surface area (Å²) in [6.07, 6.45) is 0. The van der Waals surface area contributed by atoms with Gasteiger partial charge in [0.2, 0.25) is 0 Å². The van der Waals surface area contributed by atoms with Crippen LogP contribution >= 0.6 is 11.3 Å². The van der Waals surface area contributed by atoms with Crippen LogP contribution < -0.4 is 22.5 Å². The highest BCUT2D eigenvalue weighted by Gasteiger charge is 2.07. The smallest absolute Gasteiger partial charge is 0.123 e. The Balaban J connectivity index is 0.00000161. The molecule has 0 saturated heterocycles. The van der Waals surface area contributed by atoms with Crippen LogP contribution in [0, 0.1) is 0 Å². The summed E-state index contributed by atoms with van der Waals surface area (Å²) in [4.78, 5) is 1.35. The summed E-state index contributed by atoms with van der Waals surface area (Å²) < 4.78 is 5.50. The highest BCUT2D eigenvalue weighted by molar-refractivity contribution is 7.09. The van der Waals surface area contributed by atoms with Crippen LogP contribution in [0.5, 0.6) is 5.75 Å². The number of benzene rings is 2. The van der Waals surface area contributed by atoms with Gasteiger partial charge in [-0.3, -0.25) is 0 Å². The van der Waals surface area contributed by atoms with E-state index in [9.17, 15) is 0 Å². The number of hydrogen-bond acceptors (Lipinski definition) is 3. The van der Waals surface area contributed by atoms with Crippen molar-refractivity contribution in [3.8, 4) is 5.75 Å². The number of rotatable bonds is 5. The van der Waals surface area contributed by atoms with Crippen molar-refractivity contribution in [3.63, 3.8) is 0 Å². The Morgan fingerprint density at radius 2 is 1.86 bits per heavy atom. The number of thiophene rings is 1. The van der Waals surface area contributed by atoms with Gasteiger partial charge < -0.3 is 22.5 Å². The first-order valence-corrected chi connectivity index (χ1v) is 7.54. The summed E-state index contributed by atoms with van der Waals surface area (Å²) in [7, 11) is 1.73. The monoisotopic (exact) mass is 318 g/mol. The summed E-state index contributed by atoms with van der Waals surface area (Å²) in [5, 5.41) is 8.11. The fourth-order valence-electron chi connectivity index (χ4n) is 2.41. The highest BCUT2D eigenvalue weighted by atomic mass is 35.5. The molecule has 0 fully saturated rings. The normalized spacial score (nSPS) is 10.3. The first kappa shape index (κ1) is 15.8. The number of ether oxygens (including phenoxy) is 1. The van der Waals surface area contributed by atoms with Gasteiger partial charge in [0.15, 0.2) is 0 Å². The summed E-state index contributed by atoms with van der Waals surface area (Å²) >= 11 is 1.78. The maximum Gasteiger partial charge on any atom is 0.123 e. The van der Waals surface area contributed by atoms with E-state index >= 15 is 0 Å².